The Hall–Kier alpha value is -1.80. The molecule has 2 nitrogen and oxygen atoms in total. The Morgan fingerprint density at radius 2 is 1.48 bits per heavy atom. The smallest absolute Gasteiger partial charge is 0.119 e. The summed E-state index contributed by atoms with van der Waals surface area (Å²) in [5, 5.41) is 3.32. The molecule has 0 amide bonds. The topological polar surface area (TPSA) is 21.3 Å². The zero-order valence-electron chi connectivity index (χ0n) is 13.4. The predicted octanol–water partition coefficient (Wildman–Crippen LogP) is 4.37. The van der Waals surface area contributed by atoms with E-state index in [9.17, 15) is 0 Å². The molecule has 2 aromatic rings. The second kappa shape index (κ2) is 6.77. The highest BCUT2D eigenvalue weighted by atomic mass is 16.5. The van der Waals surface area contributed by atoms with Gasteiger partial charge in [0.1, 0.15) is 12.4 Å². The van der Waals surface area contributed by atoms with Crippen LogP contribution >= 0.6 is 0 Å². The summed E-state index contributed by atoms with van der Waals surface area (Å²) in [4.78, 5) is 0. The highest BCUT2D eigenvalue weighted by Crippen LogP contribution is 2.23. The Balaban J connectivity index is 2.00. The lowest BCUT2D eigenvalue weighted by atomic mass is 9.87. The number of rotatable bonds is 5. The molecule has 1 unspecified atom stereocenters. The average molecular weight is 283 g/mol. The number of nitrogens with one attached hydrogen (secondary N) is 1. The van der Waals surface area contributed by atoms with Gasteiger partial charge in [0.15, 0.2) is 0 Å². The standard InChI is InChI=1S/C19H25NO/c1-19(2,3)18(20-4)14-21-17-12-10-16(11-13-17)15-8-6-5-7-9-15/h5-13,18,20H,14H2,1-4H3. The summed E-state index contributed by atoms with van der Waals surface area (Å²) < 4.78 is 5.91. The second-order valence-corrected chi connectivity index (χ2v) is 6.41. The van der Waals surface area contributed by atoms with Crippen molar-refractivity contribution in [3.63, 3.8) is 0 Å². The molecule has 21 heavy (non-hydrogen) atoms. The Labute approximate surface area is 128 Å². The zero-order valence-corrected chi connectivity index (χ0v) is 13.4. The summed E-state index contributed by atoms with van der Waals surface area (Å²) >= 11 is 0. The van der Waals surface area contributed by atoms with E-state index in [1.807, 2.05) is 25.2 Å². The third-order valence-corrected chi connectivity index (χ3v) is 3.77. The zero-order chi connectivity index (χ0) is 15.3. The van der Waals surface area contributed by atoms with Crippen molar-refractivity contribution >= 4 is 0 Å². The third-order valence-electron chi connectivity index (χ3n) is 3.77. The third kappa shape index (κ3) is 4.33. The molecule has 0 aromatic heterocycles. The van der Waals surface area contributed by atoms with Gasteiger partial charge < -0.3 is 10.1 Å². The molecule has 1 N–H and O–H groups in total. The molecule has 0 bridgehead atoms. The first-order chi connectivity index (χ1) is 10.0. The number of benzene rings is 2. The van der Waals surface area contributed by atoms with Gasteiger partial charge in [-0.15, -0.1) is 0 Å². The van der Waals surface area contributed by atoms with E-state index in [4.69, 9.17) is 4.74 Å². The van der Waals surface area contributed by atoms with E-state index >= 15 is 0 Å². The molecule has 0 saturated carbocycles. The maximum atomic E-state index is 5.91. The molecule has 112 valence electrons. The highest BCUT2D eigenvalue weighted by molar-refractivity contribution is 5.63. The van der Waals surface area contributed by atoms with Crippen LogP contribution in [-0.2, 0) is 0 Å². The summed E-state index contributed by atoms with van der Waals surface area (Å²) in [6, 6.07) is 19.0. The van der Waals surface area contributed by atoms with Crippen LogP contribution in [-0.4, -0.2) is 19.7 Å². The van der Waals surface area contributed by atoms with E-state index in [-0.39, 0.29) is 5.41 Å². The van der Waals surface area contributed by atoms with Crippen LogP contribution in [0.15, 0.2) is 54.6 Å². The fourth-order valence-corrected chi connectivity index (χ4v) is 2.32. The first kappa shape index (κ1) is 15.6. The molecule has 0 aliphatic heterocycles. The van der Waals surface area contributed by atoms with Crippen LogP contribution in [0, 0.1) is 5.41 Å². The molecular formula is C19H25NO. The van der Waals surface area contributed by atoms with Gasteiger partial charge in [0.05, 0.1) is 0 Å². The number of ether oxygens (including phenoxy) is 1. The predicted molar refractivity (Wildman–Crippen MR) is 89.7 cm³/mol. The van der Waals surface area contributed by atoms with Gasteiger partial charge in [-0.25, -0.2) is 0 Å². The van der Waals surface area contributed by atoms with Crippen LogP contribution in [0.1, 0.15) is 20.8 Å². The van der Waals surface area contributed by atoms with Gasteiger partial charge in [-0.05, 0) is 35.7 Å². The van der Waals surface area contributed by atoms with Crippen molar-refractivity contribution in [1.82, 2.24) is 5.32 Å². The molecule has 0 aliphatic rings. The average Bonchev–Trinajstić information content (AvgIpc) is 2.48. The van der Waals surface area contributed by atoms with Gasteiger partial charge in [0.25, 0.3) is 0 Å². The van der Waals surface area contributed by atoms with Gasteiger partial charge in [0.2, 0.25) is 0 Å². The first-order valence-electron chi connectivity index (χ1n) is 7.46. The summed E-state index contributed by atoms with van der Waals surface area (Å²) in [5.41, 5.74) is 2.62. The monoisotopic (exact) mass is 283 g/mol. The Morgan fingerprint density at radius 3 is 2.00 bits per heavy atom. The van der Waals surface area contributed by atoms with Crippen LogP contribution in [0.2, 0.25) is 0 Å². The van der Waals surface area contributed by atoms with Crippen molar-refractivity contribution in [3.8, 4) is 16.9 Å². The Bertz CT molecular complexity index is 540. The van der Waals surface area contributed by atoms with Crippen LogP contribution in [0.4, 0.5) is 0 Å². The second-order valence-electron chi connectivity index (χ2n) is 6.41. The number of hydrogen-bond donors (Lipinski definition) is 1. The minimum Gasteiger partial charge on any atom is -0.492 e. The van der Waals surface area contributed by atoms with Crippen LogP contribution in [0.25, 0.3) is 11.1 Å². The molecule has 2 aromatic carbocycles. The van der Waals surface area contributed by atoms with E-state index in [1.54, 1.807) is 0 Å². The molecule has 2 rings (SSSR count). The van der Waals surface area contributed by atoms with Crippen LogP contribution in [0.5, 0.6) is 5.75 Å². The highest BCUT2D eigenvalue weighted by Gasteiger charge is 2.23. The van der Waals surface area contributed by atoms with Crippen LogP contribution < -0.4 is 10.1 Å². The van der Waals surface area contributed by atoms with E-state index in [2.05, 4.69) is 62.5 Å². The van der Waals surface area contributed by atoms with E-state index in [0.29, 0.717) is 12.6 Å². The number of hydrogen-bond acceptors (Lipinski definition) is 2. The number of likely N-dealkylation sites (N-methyl/N-ethyl adjacent to an activating group) is 1. The maximum absolute atomic E-state index is 5.91. The molecule has 0 saturated heterocycles. The lowest BCUT2D eigenvalue weighted by molar-refractivity contribution is 0.181. The molecule has 0 fully saturated rings. The fourth-order valence-electron chi connectivity index (χ4n) is 2.32. The minimum atomic E-state index is 0.179. The van der Waals surface area contributed by atoms with Crippen molar-refractivity contribution < 1.29 is 4.74 Å². The Morgan fingerprint density at radius 1 is 0.905 bits per heavy atom. The van der Waals surface area contributed by atoms with Crippen molar-refractivity contribution in [2.24, 2.45) is 5.41 Å². The van der Waals surface area contributed by atoms with E-state index in [1.165, 1.54) is 11.1 Å². The quantitative estimate of drug-likeness (QED) is 0.880. The fraction of sp³-hybridized carbons (Fsp3) is 0.368. The summed E-state index contributed by atoms with van der Waals surface area (Å²) in [6.45, 7) is 7.33. The van der Waals surface area contributed by atoms with Crippen molar-refractivity contribution in [1.29, 1.82) is 0 Å². The summed E-state index contributed by atoms with van der Waals surface area (Å²) in [7, 11) is 1.98. The normalized spacial score (nSPS) is 13.0. The molecule has 0 spiro atoms. The van der Waals surface area contributed by atoms with Crippen molar-refractivity contribution in [2.45, 2.75) is 26.8 Å². The van der Waals surface area contributed by atoms with Crippen molar-refractivity contribution in [3.05, 3.63) is 54.6 Å². The lowest BCUT2D eigenvalue weighted by Crippen LogP contribution is -2.42. The molecule has 1 atom stereocenters. The maximum Gasteiger partial charge on any atom is 0.119 e. The van der Waals surface area contributed by atoms with Gasteiger partial charge in [-0.1, -0.05) is 63.2 Å². The van der Waals surface area contributed by atoms with Gasteiger partial charge in [-0.2, -0.15) is 0 Å². The van der Waals surface area contributed by atoms with Crippen molar-refractivity contribution in [2.75, 3.05) is 13.7 Å². The Kier molecular flexibility index (Phi) is 5.03. The molecule has 0 heterocycles. The van der Waals surface area contributed by atoms with Gasteiger partial charge >= 0.3 is 0 Å². The van der Waals surface area contributed by atoms with Crippen LogP contribution in [0.3, 0.4) is 0 Å². The van der Waals surface area contributed by atoms with E-state index in [0.717, 1.165) is 5.75 Å². The van der Waals surface area contributed by atoms with Gasteiger partial charge in [0, 0.05) is 6.04 Å². The largest absolute Gasteiger partial charge is 0.492 e. The molecule has 0 radical (unpaired) electrons. The molecular weight excluding hydrogens is 258 g/mol. The molecule has 0 aliphatic carbocycles. The minimum absolute atomic E-state index is 0.179. The summed E-state index contributed by atoms with van der Waals surface area (Å²) in [5.74, 6) is 0.916. The SMILES string of the molecule is CNC(COc1ccc(-c2ccccc2)cc1)C(C)(C)C. The lowest BCUT2D eigenvalue weighted by Gasteiger charge is -2.30. The first-order valence-corrected chi connectivity index (χ1v) is 7.46. The summed E-state index contributed by atoms with van der Waals surface area (Å²) in [6.07, 6.45) is 0. The van der Waals surface area contributed by atoms with Gasteiger partial charge in [-0.3, -0.25) is 0 Å². The van der Waals surface area contributed by atoms with E-state index < -0.39 is 0 Å². The molecule has 2 heteroatoms.